The summed E-state index contributed by atoms with van der Waals surface area (Å²) < 4.78 is 2.60. The first-order chi connectivity index (χ1) is 28.8. The Labute approximate surface area is 344 Å². The number of benzene rings is 10. The molecule has 0 spiro atoms. The van der Waals surface area contributed by atoms with E-state index in [1.165, 1.54) is 84.8 Å². The molecule has 1 aliphatic heterocycles. The van der Waals surface area contributed by atoms with Crippen molar-refractivity contribution in [3.63, 3.8) is 0 Å². The van der Waals surface area contributed by atoms with Crippen molar-refractivity contribution in [3.05, 3.63) is 206 Å². The Morgan fingerprint density at radius 2 is 0.862 bits per heavy atom. The van der Waals surface area contributed by atoms with Crippen LogP contribution < -0.4 is 9.80 Å². The van der Waals surface area contributed by atoms with Crippen molar-refractivity contribution in [3.8, 4) is 11.1 Å². The van der Waals surface area contributed by atoms with Gasteiger partial charge in [0.15, 0.2) is 0 Å². The van der Waals surface area contributed by atoms with Crippen LogP contribution in [0.15, 0.2) is 216 Å². The summed E-state index contributed by atoms with van der Waals surface area (Å²) in [6, 6.07) is 75.5. The van der Waals surface area contributed by atoms with Gasteiger partial charge in [-0.15, -0.1) is 11.3 Å². The van der Waals surface area contributed by atoms with Crippen molar-refractivity contribution in [2.45, 2.75) is 9.79 Å². The molecule has 0 unspecified atom stereocenters. The van der Waals surface area contributed by atoms with Crippen LogP contribution in [0.3, 0.4) is 0 Å². The Morgan fingerprint density at radius 3 is 1.53 bits per heavy atom. The highest BCUT2D eigenvalue weighted by Gasteiger charge is 2.25. The van der Waals surface area contributed by atoms with Gasteiger partial charge in [0.05, 0.1) is 11.4 Å². The molecule has 1 aliphatic rings. The quantitative estimate of drug-likeness (QED) is 0.166. The summed E-state index contributed by atoms with van der Waals surface area (Å²) in [7, 11) is 0. The van der Waals surface area contributed by atoms with Crippen LogP contribution in [0.25, 0.3) is 63.6 Å². The first-order valence-electron chi connectivity index (χ1n) is 19.7. The summed E-state index contributed by atoms with van der Waals surface area (Å²) in [4.78, 5) is 7.39. The van der Waals surface area contributed by atoms with E-state index < -0.39 is 0 Å². The summed E-state index contributed by atoms with van der Waals surface area (Å²) in [6.45, 7) is 0. The fourth-order valence-electron chi connectivity index (χ4n) is 9.03. The van der Waals surface area contributed by atoms with E-state index in [4.69, 9.17) is 0 Å². The predicted molar refractivity (Wildman–Crippen MR) is 251 cm³/mol. The summed E-state index contributed by atoms with van der Waals surface area (Å²) in [5.74, 6) is 0. The SMILES string of the molecule is c1ccc(N(c2ccc3c(c2)Sc2cccc4c2c-3cc2sc3cc(N(c5ccccc5)c5cccc6ccccc56)ccc3c24)c2cccc3ccccc23)cc1. The van der Waals surface area contributed by atoms with Gasteiger partial charge in [-0.05, 0) is 100 Å². The van der Waals surface area contributed by atoms with Crippen LogP contribution >= 0.6 is 23.1 Å². The molecule has 0 aliphatic carbocycles. The third kappa shape index (κ3) is 5.26. The van der Waals surface area contributed by atoms with E-state index in [1.54, 1.807) is 0 Å². The highest BCUT2D eigenvalue weighted by molar-refractivity contribution is 7.99. The minimum absolute atomic E-state index is 1.14. The highest BCUT2D eigenvalue weighted by atomic mass is 32.2. The Bertz CT molecular complexity index is 3380. The fourth-order valence-corrected chi connectivity index (χ4v) is 11.4. The molecule has 0 saturated carbocycles. The molecular formula is C54H34N2S2. The van der Waals surface area contributed by atoms with Crippen LogP contribution in [0.4, 0.5) is 34.1 Å². The fraction of sp³-hybridized carbons (Fsp3) is 0. The zero-order chi connectivity index (χ0) is 38.2. The van der Waals surface area contributed by atoms with Crippen molar-refractivity contribution in [1.29, 1.82) is 0 Å². The number of para-hydroxylation sites is 2. The van der Waals surface area contributed by atoms with E-state index >= 15 is 0 Å². The second-order valence-electron chi connectivity index (χ2n) is 14.9. The second kappa shape index (κ2) is 13.4. The minimum atomic E-state index is 1.14. The smallest absolute Gasteiger partial charge is 0.0540 e. The molecule has 4 heteroatoms. The van der Waals surface area contributed by atoms with Crippen LogP contribution in [0.1, 0.15) is 0 Å². The van der Waals surface area contributed by atoms with E-state index in [0.29, 0.717) is 0 Å². The Hall–Kier alpha value is -6.85. The molecular weight excluding hydrogens is 741 g/mol. The summed E-state index contributed by atoms with van der Waals surface area (Å²) in [5.41, 5.74) is 9.52. The standard InChI is InChI=1S/C54H34N2S2/c1-3-18-37(19-4-1)55(47-25-11-16-35-14-7-9-22-41(35)47)39-28-30-43-46-34-52-53(45-24-13-27-49(54(45)46)57-50(43)32-39)44-31-29-40(33-51(44)58-52)56(38-20-5-2-6-21-38)48-26-12-17-36-15-8-10-23-42(36)48/h1-34H. The van der Waals surface area contributed by atoms with E-state index in [0.717, 1.165) is 22.7 Å². The van der Waals surface area contributed by atoms with E-state index in [1.807, 2.05) is 23.1 Å². The number of nitrogens with zero attached hydrogens (tertiary/aromatic N) is 2. The molecule has 2 nitrogen and oxygen atoms in total. The summed E-state index contributed by atoms with van der Waals surface area (Å²) in [5, 5.41) is 10.2. The first-order valence-corrected chi connectivity index (χ1v) is 21.3. The first kappa shape index (κ1) is 33.3. The number of anilines is 6. The van der Waals surface area contributed by atoms with Crippen molar-refractivity contribution in [2.75, 3.05) is 9.80 Å². The number of rotatable bonds is 6. The van der Waals surface area contributed by atoms with Gasteiger partial charge < -0.3 is 9.80 Å². The van der Waals surface area contributed by atoms with Gasteiger partial charge in [0.1, 0.15) is 0 Å². The molecule has 272 valence electrons. The van der Waals surface area contributed by atoms with Crippen molar-refractivity contribution >= 4 is 110 Å². The monoisotopic (exact) mass is 774 g/mol. The molecule has 58 heavy (non-hydrogen) atoms. The van der Waals surface area contributed by atoms with E-state index in [9.17, 15) is 0 Å². The average Bonchev–Trinajstić information content (AvgIpc) is 3.65. The number of thiophene rings is 1. The molecule has 0 fully saturated rings. The Kier molecular flexibility index (Phi) is 7.68. The predicted octanol–water partition coefficient (Wildman–Crippen LogP) is 16.6. The van der Waals surface area contributed by atoms with E-state index in [-0.39, 0.29) is 0 Å². The number of fused-ring (bicyclic) bond motifs is 8. The van der Waals surface area contributed by atoms with Gasteiger partial charge in [0, 0.05) is 68.9 Å². The average molecular weight is 775 g/mol. The normalized spacial score (nSPS) is 12.1. The number of hydrogen-bond donors (Lipinski definition) is 0. The lowest BCUT2D eigenvalue weighted by Gasteiger charge is -2.29. The maximum Gasteiger partial charge on any atom is 0.0540 e. The molecule has 0 bridgehead atoms. The number of hydrogen-bond acceptors (Lipinski definition) is 4. The molecule has 12 rings (SSSR count). The Morgan fingerprint density at radius 1 is 0.310 bits per heavy atom. The van der Waals surface area contributed by atoms with Crippen molar-refractivity contribution in [1.82, 2.24) is 0 Å². The minimum Gasteiger partial charge on any atom is -0.310 e. The molecule has 1 aromatic heterocycles. The second-order valence-corrected chi connectivity index (χ2v) is 17.0. The molecule has 0 atom stereocenters. The van der Waals surface area contributed by atoms with Gasteiger partial charge in [-0.25, -0.2) is 0 Å². The molecule has 11 aromatic rings. The summed E-state index contributed by atoms with van der Waals surface area (Å²) in [6.07, 6.45) is 0. The van der Waals surface area contributed by atoms with Crippen LogP contribution in [0, 0.1) is 0 Å². The highest BCUT2D eigenvalue weighted by Crippen LogP contribution is 2.54. The zero-order valence-electron chi connectivity index (χ0n) is 31.3. The largest absolute Gasteiger partial charge is 0.310 e. The van der Waals surface area contributed by atoms with Gasteiger partial charge in [0.2, 0.25) is 0 Å². The lowest BCUT2D eigenvalue weighted by Crippen LogP contribution is -2.10. The lowest BCUT2D eigenvalue weighted by atomic mass is 9.94. The van der Waals surface area contributed by atoms with Gasteiger partial charge in [-0.1, -0.05) is 145 Å². The van der Waals surface area contributed by atoms with Crippen LogP contribution in [0.2, 0.25) is 0 Å². The van der Waals surface area contributed by atoms with Crippen LogP contribution in [0.5, 0.6) is 0 Å². The third-order valence-corrected chi connectivity index (χ3v) is 13.8. The molecule has 0 saturated heterocycles. The molecule has 0 radical (unpaired) electrons. The topological polar surface area (TPSA) is 6.48 Å². The van der Waals surface area contributed by atoms with Crippen LogP contribution in [-0.2, 0) is 0 Å². The lowest BCUT2D eigenvalue weighted by molar-refractivity contribution is 1.27. The van der Waals surface area contributed by atoms with Crippen molar-refractivity contribution in [2.24, 2.45) is 0 Å². The van der Waals surface area contributed by atoms with Gasteiger partial charge >= 0.3 is 0 Å². The van der Waals surface area contributed by atoms with Crippen molar-refractivity contribution < 1.29 is 0 Å². The van der Waals surface area contributed by atoms with Gasteiger partial charge in [0.25, 0.3) is 0 Å². The molecule has 2 heterocycles. The van der Waals surface area contributed by atoms with E-state index in [2.05, 4.69) is 216 Å². The third-order valence-electron chi connectivity index (χ3n) is 11.6. The molecule has 0 amide bonds. The van der Waals surface area contributed by atoms with Gasteiger partial charge in [-0.2, -0.15) is 0 Å². The maximum atomic E-state index is 2.46. The molecule has 10 aromatic carbocycles. The zero-order valence-corrected chi connectivity index (χ0v) is 33.0. The van der Waals surface area contributed by atoms with Crippen LogP contribution in [-0.4, -0.2) is 0 Å². The molecule has 0 N–H and O–H groups in total. The summed E-state index contributed by atoms with van der Waals surface area (Å²) >= 11 is 3.79. The van der Waals surface area contributed by atoms with Gasteiger partial charge in [-0.3, -0.25) is 0 Å². The maximum absolute atomic E-state index is 2.46. The Balaban J connectivity index is 1.02.